The summed E-state index contributed by atoms with van der Waals surface area (Å²) in [6.45, 7) is 10.1. The zero-order valence-corrected chi connectivity index (χ0v) is 17.0. The van der Waals surface area contributed by atoms with Crippen LogP contribution in [0.15, 0.2) is 30.5 Å². The molecule has 0 saturated carbocycles. The van der Waals surface area contributed by atoms with Crippen molar-refractivity contribution in [3.05, 3.63) is 35.5 Å². The summed E-state index contributed by atoms with van der Waals surface area (Å²) in [5, 5.41) is 5.47. The van der Waals surface area contributed by atoms with Crippen LogP contribution in [0.3, 0.4) is 0 Å². The third-order valence-electron chi connectivity index (χ3n) is 4.11. The number of nitrogens with one attached hydrogen (secondary N) is 1. The monoisotopic (exact) mass is 391 g/mol. The van der Waals surface area contributed by atoms with Gasteiger partial charge in [0.05, 0.1) is 5.52 Å². The van der Waals surface area contributed by atoms with Gasteiger partial charge in [-0.3, -0.25) is 4.98 Å². The highest BCUT2D eigenvalue weighted by Crippen LogP contribution is 2.25. The second-order valence-electron chi connectivity index (χ2n) is 5.73. The Hall–Kier alpha value is -0.740. The second-order valence-corrected chi connectivity index (χ2v) is 6.17. The Morgan fingerprint density at radius 1 is 1.17 bits per heavy atom. The van der Waals surface area contributed by atoms with E-state index in [0.29, 0.717) is 6.04 Å². The van der Waals surface area contributed by atoms with E-state index in [1.807, 2.05) is 30.5 Å². The van der Waals surface area contributed by atoms with Crippen LogP contribution in [0.2, 0.25) is 5.02 Å². The number of hydrogen-bond donors (Lipinski definition) is 1. The Balaban J connectivity index is 0.00000264. The van der Waals surface area contributed by atoms with Gasteiger partial charge in [-0.25, -0.2) is 0 Å². The summed E-state index contributed by atoms with van der Waals surface area (Å²) >= 11 is 6.04. The molecule has 1 heterocycles. The first-order valence-corrected chi connectivity index (χ1v) is 8.55. The number of hydrogen-bond acceptors (Lipinski definition) is 3. The van der Waals surface area contributed by atoms with Crippen molar-refractivity contribution in [3.63, 3.8) is 0 Å². The van der Waals surface area contributed by atoms with Gasteiger partial charge in [0, 0.05) is 28.3 Å². The molecule has 0 saturated heterocycles. The summed E-state index contributed by atoms with van der Waals surface area (Å²) in [4.78, 5) is 6.86. The molecule has 0 aliphatic heterocycles. The molecule has 0 bridgehead atoms. The number of rotatable bonds is 8. The predicted octanol–water partition coefficient (Wildman–Crippen LogP) is 5.65. The van der Waals surface area contributed by atoms with Crippen LogP contribution in [0.5, 0.6) is 0 Å². The molecule has 6 heteroatoms. The van der Waals surface area contributed by atoms with Crippen LogP contribution in [0.25, 0.3) is 10.9 Å². The Labute approximate surface area is 163 Å². The molecule has 1 atom stereocenters. The van der Waals surface area contributed by atoms with E-state index in [-0.39, 0.29) is 24.8 Å². The van der Waals surface area contributed by atoms with E-state index in [1.54, 1.807) is 0 Å². The average molecular weight is 393 g/mol. The summed E-state index contributed by atoms with van der Waals surface area (Å²) in [6.07, 6.45) is 4.21. The summed E-state index contributed by atoms with van der Waals surface area (Å²) < 4.78 is 0. The molecule has 24 heavy (non-hydrogen) atoms. The molecule has 1 aromatic heterocycles. The number of halogens is 3. The van der Waals surface area contributed by atoms with Gasteiger partial charge in [0.15, 0.2) is 0 Å². The largest absolute Gasteiger partial charge is 0.382 e. The van der Waals surface area contributed by atoms with Gasteiger partial charge in [0.2, 0.25) is 0 Å². The molecule has 0 aliphatic rings. The number of aromatic nitrogens is 1. The van der Waals surface area contributed by atoms with Crippen molar-refractivity contribution >= 4 is 53.0 Å². The highest BCUT2D eigenvalue weighted by Gasteiger charge is 2.07. The highest BCUT2D eigenvalue weighted by molar-refractivity contribution is 6.31. The maximum atomic E-state index is 6.04. The van der Waals surface area contributed by atoms with Crippen LogP contribution >= 0.6 is 36.4 Å². The van der Waals surface area contributed by atoms with E-state index >= 15 is 0 Å². The molecule has 2 rings (SSSR count). The highest BCUT2D eigenvalue weighted by atomic mass is 35.5. The Kier molecular flexibility index (Phi) is 11.4. The number of anilines is 1. The summed E-state index contributed by atoms with van der Waals surface area (Å²) in [5.41, 5.74) is 2.07. The van der Waals surface area contributed by atoms with E-state index < -0.39 is 0 Å². The fraction of sp³-hybridized carbons (Fsp3) is 0.500. The van der Waals surface area contributed by atoms with Gasteiger partial charge in [-0.15, -0.1) is 24.8 Å². The van der Waals surface area contributed by atoms with Crippen LogP contribution in [0, 0.1) is 0 Å². The third-order valence-corrected chi connectivity index (χ3v) is 4.35. The zero-order valence-electron chi connectivity index (χ0n) is 14.6. The molecule has 0 aliphatic carbocycles. The van der Waals surface area contributed by atoms with Gasteiger partial charge >= 0.3 is 0 Å². The smallest absolute Gasteiger partial charge is 0.0737 e. The van der Waals surface area contributed by atoms with Gasteiger partial charge in [-0.1, -0.05) is 25.4 Å². The summed E-state index contributed by atoms with van der Waals surface area (Å²) in [7, 11) is 0. The second kappa shape index (κ2) is 11.8. The molecule has 3 nitrogen and oxygen atoms in total. The van der Waals surface area contributed by atoms with E-state index in [1.165, 1.54) is 13.0 Å². The van der Waals surface area contributed by atoms with Crippen molar-refractivity contribution in [3.8, 4) is 0 Å². The van der Waals surface area contributed by atoms with E-state index in [9.17, 15) is 0 Å². The van der Waals surface area contributed by atoms with Crippen molar-refractivity contribution in [1.29, 1.82) is 0 Å². The Bertz CT molecular complexity index is 603. The number of pyridine rings is 1. The molecule has 0 fully saturated rings. The minimum atomic E-state index is 0. The Morgan fingerprint density at radius 2 is 1.88 bits per heavy atom. The van der Waals surface area contributed by atoms with E-state index in [0.717, 1.165) is 41.1 Å². The minimum Gasteiger partial charge on any atom is -0.382 e. The fourth-order valence-electron chi connectivity index (χ4n) is 2.75. The first-order valence-electron chi connectivity index (χ1n) is 8.17. The van der Waals surface area contributed by atoms with Crippen molar-refractivity contribution in [1.82, 2.24) is 9.88 Å². The molecule has 1 N–H and O–H groups in total. The summed E-state index contributed by atoms with van der Waals surface area (Å²) in [6, 6.07) is 8.35. The van der Waals surface area contributed by atoms with Gasteiger partial charge in [-0.05, 0) is 63.7 Å². The van der Waals surface area contributed by atoms with Gasteiger partial charge in [0.25, 0.3) is 0 Å². The number of benzene rings is 1. The SMILES string of the molecule is CCN(CC)CCCC(C)Nc1ccnc2cc(Cl)ccc12.Cl.Cl. The number of nitrogens with zero attached hydrogens (tertiary/aromatic N) is 2. The fourth-order valence-corrected chi connectivity index (χ4v) is 2.91. The predicted molar refractivity (Wildman–Crippen MR) is 111 cm³/mol. The maximum absolute atomic E-state index is 6.04. The normalized spacial score (nSPS) is 11.7. The van der Waals surface area contributed by atoms with Crippen LogP contribution < -0.4 is 5.32 Å². The molecular weight excluding hydrogens is 365 g/mol. The lowest BCUT2D eigenvalue weighted by molar-refractivity contribution is 0.295. The van der Waals surface area contributed by atoms with Gasteiger partial charge < -0.3 is 10.2 Å². The van der Waals surface area contributed by atoms with E-state index in [4.69, 9.17) is 11.6 Å². The average Bonchev–Trinajstić information content (AvgIpc) is 2.51. The molecule has 136 valence electrons. The van der Waals surface area contributed by atoms with Crippen molar-refractivity contribution < 1.29 is 0 Å². The quantitative estimate of drug-likeness (QED) is 0.628. The lowest BCUT2D eigenvalue weighted by Crippen LogP contribution is -2.25. The molecule has 1 unspecified atom stereocenters. The zero-order chi connectivity index (χ0) is 15.9. The Morgan fingerprint density at radius 3 is 2.54 bits per heavy atom. The lowest BCUT2D eigenvalue weighted by Gasteiger charge is -2.20. The van der Waals surface area contributed by atoms with Crippen LogP contribution in [-0.2, 0) is 0 Å². The molecule has 0 spiro atoms. The standard InChI is InChI=1S/C18H26ClN3.2ClH/c1-4-22(5-2)12-6-7-14(3)21-17-10-11-20-18-13-15(19)8-9-16(17)18;;/h8-11,13-14H,4-7,12H2,1-3H3,(H,20,21);2*1H. The first kappa shape index (κ1) is 23.3. The molecule has 1 aromatic carbocycles. The van der Waals surface area contributed by atoms with Crippen molar-refractivity contribution in [2.45, 2.75) is 39.7 Å². The lowest BCUT2D eigenvalue weighted by atomic mass is 10.1. The first-order chi connectivity index (χ1) is 10.6. The topological polar surface area (TPSA) is 28.2 Å². The van der Waals surface area contributed by atoms with E-state index in [2.05, 4.69) is 36.0 Å². The molecule has 0 radical (unpaired) electrons. The van der Waals surface area contributed by atoms with Crippen molar-refractivity contribution in [2.24, 2.45) is 0 Å². The van der Waals surface area contributed by atoms with Gasteiger partial charge in [-0.2, -0.15) is 0 Å². The molecule has 2 aromatic rings. The number of fused-ring (bicyclic) bond motifs is 1. The molecule has 0 amide bonds. The molecular formula is C18H28Cl3N3. The van der Waals surface area contributed by atoms with Crippen LogP contribution in [0.4, 0.5) is 5.69 Å². The van der Waals surface area contributed by atoms with Gasteiger partial charge in [0.1, 0.15) is 0 Å². The van der Waals surface area contributed by atoms with Crippen LogP contribution in [-0.4, -0.2) is 35.6 Å². The van der Waals surface area contributed by atoms with Crippen LogP contribution in [0.1, 0.15) is 33.6 Å². The summed E-state index contributed by atoms with van der Waals surface area (Å²) in [5.74, 6) is 0. The van der Waals surface area contributed by atoms with Crippen molar-refractivity contribution in [2.75, 3.05) is 25.0 Å². The minimum absolute atomic E-state index is 0. The third kappa shape index (κ3) is 6.64. The maximum Gasteiger partial charge on any atom is 0.0737 e.